The fraction of sp³-hybridized carbons (Fsp3) is 0.639. The van der Waals surface area contributed by atoms with Crippen LogP contribution in [-0.2, 0) is 30.5 Å². The Hall–Kier alpha value is -3.31. The lowest BCUT2D eigenvalue weighted by molar-refractivity contribution is -0.155. The van der Waals surface area contributed by atoms with Crippen LogP contribution in [0.5, 0.6) is 0 Å². The van der Waals surface area contributed by atoms with Crippen molar-refractivity contribution in [3.63, 3.8) is 0 Å². The molecule has 3 amide bonds. The van der Waals surface area contributed by atoms with E-state index in [0.717, 1.165) is 53.8 Å². The average Bonchev–Trinajstić information content (AvgIpc) is 3.59. The van der Waals surface area contributed by atoms with Gasteiger partial charge in [-0.25, -0.2) is 4.98 Å². The van der Waals surface area contributed by atoms with E-state index in [1.54, 1.807) is 11.3 Å². The minimum atomic E-state index is -0.841. The molecule has 1 aromatic carbocycles. The second-order valence-corrected chi connectivity index (χ2v) is 15.5. The SMILES string of the molecule is Cc1ncsc1-c1ccc(CNC(=O)[C@@H]2C[C@@H](O)CN2C(=O)[C@@H](NC(=O)CCCCCCCCC(=O)OC(C)(C)C)C(C)(C)C)cc1. The van der Waals surface area contributed by atoms with E-state index < -0.39 is 29.2 Å². The number of esters is 1. The molecule has 1 aliphatic heterocycles. The summed E-state index contributed by atoms with van der Waals surface area (Å²) in [4.78, 5) is 58.7. The van der Waals surface area contributed by atoms with Crippen LogP contribution in [0, 0.1) is 12.3 Å². The fourth-order valence-electron chi connectivity index (χ4n) is 5.67. The maximum Gasteiger partial charge on any atom is 0.306 e. The number of amides is 3. The summed E-state index contributed by atoms with van der Waals surface area (Å²) in [6, 6.07) is 6.25. The summed E-state index contributed by atoms with van der Waals surface area (Å²) in [5.41, 5.74) is 3.72. The number of rotatable bonds is 15. The first-order chi connectivity index (χ1) is 22.0. The van der Waals surface area contributed by atoms with Gasteiger partial charge in [-0.1, -0.05) is 70.7 Å². The lowest BCUT2D eigenvalue weighted by Crippen LogP contribution is -2.57. The number of aryl methyl sites for hydroxylation is 1. The largest absolute Gasteiger partial charge is 0.460 e. The van der Waals surface area contributed by atoms with E-state index in [1.165, 1.54) is 4.90 Å². The molecule has 3 rings (SSSR count). The van der Waals surface area contributed by atoms with Crippen LogP contribution in [0.25, 0.3) is 10.4 Å². The summed E-state index contributed by atoms with van der Waals surface area (Å²) in [7, 11) is 0. The number of β-amino-alcohol motifs (C(OH)–C–C–N with tert-alkyl or cyclic N) is 1. The first-order valence-corrected chi connectivity index (χ1v) is 17.7. The Morgan fingerprint density at radius 2 is 1.60 bits per heavy atom. The van der Waals surface area contributed by atoms with Crippen LogP contribution < -0.4 is 10.6 Å². The van der Waals surface area contributed by atoms with Crippen molar-refractivity contribution < 1.29 is 29.0 Å². The zero-order valence-electron chi connectivity index (χ0n) is 29.2. The first-order valence-electron chi connectivity index (χ1n) is 16.8. The number of aliphatic hydroxyl groups is 1. The van der Waals surface area contributed by atoms with E-state index >= 15 is 0 Å². The highest BCUT2D eigenvalue weighted by Crippen LogP contribution is 2.28. The molecule has 2 aromatic rings. The number of aromatic nitrogens is 1. The standard InChI is InChI=1S/C36H54N4O6S/c1-24-31(47-23-38-24)26-18-16-25(17-19-26)21-37-33(44)28-20-27(41)22-40(28)34(45)32(35(2,3)4)39-29(42)14-12-10-8-9-11-13-15-30(43)46-36(5,6)7/h16-19,23,27-28,32,41H,8-15,20-22H2,1-7H3,(H,37,44)(H,39,42)/t27-,28+,32-/m1/s1. The van der Waals surface area contributed by atoms with Crippen molar-refractivity contribution in [3.8, 4) is 10.4 Å². The minimum absolute atomic E-state index is 0.0379. The Morgan fingerprint density at radius 1 is 0.979 bits per heavy atom. The Bertz CT molecular complexity index is 1340. The van der Waals surface area contributed by atoms with Crippen molar-refractivity contribution in [2.45, 2.75) is 137 Å². The van der Waals surface area contributed by atoms with Gasteiger partial charge in [-0.3, -0.25) is 19.2 Å². The van der Waals surface area contributed by atoms with Gasteiger partial charge in [0.15, 0.2) is 0 Å². The second-order valence-electron chi connectivity index (χ2n) is 14.7. The monoisotopic (exact) mass is 670 g/mol. The summed E-state index contributed by atoms with van der Waals surface area (Å²) in [5.74, 6) is -1.07. The second kappa shape index (κ2) is 17.2. The number of hydrogen-bond acceptors (Lipinski definition) is 8. The molecule has 1 aromatic heterocycles. The molecule has 0 radical (unpaired) electrons. The fourth-order valence-corrected chi connectivity index (χ4v) is 6.48. The molecule has 47 heavy (non-hydrogen) atoms. The van der Waals surface area contributed by atoms with E-state index in [4.69, 9.17) is 4.74 Å². The van der Waals surface area contributed by atoms with Crippen LogP contribution in [0.15, 0.2) is 29.8 Å². The predicted molar refractivity (Wildman–Crippen MR) is 184 cm³/mol. The van der Waals surface area contributed by atoms with Crippen molar-refractivity contribution in [1.82, 2.24) is 20.5 Å². The van der Waals surface area contributed by atoms with Gasteiger partial charge in [0.2, 0.25) is 17.7 Å². The number of hydrogen-bond donors (Lipinski definition) is 3. The molecule has 0 aliphatic carbocycles. The van der Waals surface area contributed by atoms with E-state index in [0.29, 0.717) is 25.8 Å². The maximum absolute atomic E-state index is 13.8. The third kappa shape index (κ3) is 12.3. The highest BCUT2D eigenvalue weighted by Gasteiger charge is 2.44. The van der Waals surface area contributed by atoms with Crippen molar-refractivity contribution >= 4 is 35.0 Å². The molecule has 0 saturated carbocycles. The van der Waals surface area contributed by atoms with Gasteiger partial charge in [0.05, 0.1) is 22.2 Å². The number of carbonyl (C=O) groups excluding carboxylic acids is 4. The number of benzene rings is 1. The number of aliphatic hydroxyl groups excluding tert-OH is 1. The van der Waals surface area contributed by atoms with Crippen LogP contribution in [0.3, 0.4) is 0 Å². The Morgan fingerprint density at radius 3 is 2.17 bits per heavy atom. The van der Waals surface area contributed by atoms with Gasteiger partial charge in [-0.05, 0) is 57.1 Å². The Balaban J connectivity index is 1.46. The molecule has 260 valence electrons. The van der Waals surface area contributed by atoms with Crippen LogP contribution in [0.4, 0.5) is 0 Å². The lowest BCUT2D eigenvalue weighted by Gasteiger charge is -2.35. The lowest BCUT2D eigenvalue weighted by atomic mass is 9.85. The molecule has 0 spiro atoms. The summed E-state index contributed by atoms with van der Waals surface area (Å²) in [6.45, 7) is 13.5. The van der Waals surface area contributed by atoms with E-state index in [1.807, 2.05) is 78.2 Å². The molecule has 0 unspecified atom stereocenters. The minimum Gasteiger partial charge on any atom is -0.460 e. The van der Waals surface area contributed by atoms with Crippen molar-refractivity contribution in [2.75, 3.05) is 6.54 Å². The molecule has 1 aliphatic rings. The number of thiazole rings is 1. The third-order valence-electron chi connectivity index (χ3n) is 8.17. The van der Waals surface area contributed by atoms with E-state index in [2.05, 4.69) is 15.6 Å². The van der Waals surface area contributed by atoms with Gasteiger partial charge in [-0.2, -0.15) is 0 Å². The third-order valence-corrected chi connectivity index (χ3v) is 9.14. The number of nitrogens with one attached hydrogen (secondary N) is 2. The van der Waals surface area contributed by atoms with E-state index in [9.17, 15) is 24.3 Å². The summed E-state index contributed by atoms with van der Waals surface area (Å²) in [6.07, 6.45) is 5.27. The van der Waals surface area contributed by atoms with Crippen molar-refractivity contribution in [2.24, 2.45) is 5.41 Å². The van der Waals surface area contributed by atoms with Gasteiger partial charge in [0.25, 0.3) is 0 Å². The normalized spacial score (nSPS) is 17.3. The molecule has 11 heteroatoms. The number of likely N-dealkylation sites (tertiary alicyclic amines) is 1. The van der Waals surface area contributed by atoms with Crippen molar-refractivity contribution in [1.29, 1.82) is 0 Å². The number of ether oxygens (including phenoxy) is 1. The molecule has 3 atom stereocenters. The zero-order chi connectivity index (χ0) is 34.8. The number of unbranched alkanes of at least 4 members (excludes halogenated alkanes) is 5. The molecule has 10 nitrogen and oxygen atoms in total. The van der Waals surface area contributed by atoms with Gasteiger partial charge in [-0.15, -0.1) is 11.3 Å². The van der Waals surface area contributed by atoms with Crippen LogP contribution in [-0.4, -0.2) is 69.0 Å². The predicted octanol–water partition coefficient (Wildman–Crippen LogP) is 5.69. The van der Waals surface area contributed by atoms with E-state index in [-0.39, 0.29) is 36.7 Å². The maximum atomic E-state index is 13.8. The molecule has 0 bridgehead atoms. The molecule has 3 N–H and O–H groups in total. The van der Waals surface area contributed by atoms with Crippen LogP contribution in [0.2, 0.25) is 0 Å². The zero-order valence-corrected chi connectivity index (χ0v) is 30.0. The Labute approximate surface area is 284 Å². The average molecular weight is 671 g/mol. The molecule has 1 saturated heterocycles. The summed E-state index contributed by atoms with van der Waals surface area (Å²) < 4.78 is 5.34. The quantitative estimate of drug-likeness (QED) is 0.164. The Kier molecular flexibility index (Phi) is 14.0. The summed E-state index contributed by atoms with van der Waals surface area (Å²) in [5, 5.41) is 16.3. The first kappa shape index (κ1) is 38.1. The highest BCUT2D eigenvalue weighted by molar-refractivity contribution is 7.13. The van der Waals surface area contributed by atoms with Gasteiger partial charge in [0, 0.05) is 32.4 Å². The molecular formula is C36H54N4O6S. The van der Waals surface area contributed by atoms with Gasteiger partial charge >= 0.3 is 5.97 Å². The van der Waals surface area contributed by atoms with Gasteiger partial charge < -0.3 is 25.4 Å². The van der Waals surface area contributed by atoms with Crippen LogP contribution >= 0.6 is 11.3 Å². The van der Waals surface area contributed by atoms with Gasteiger partial charge in [0.1, 0.15) is 17.7 Å². The summed E-state index contributed by atoms with van der Waals surface area (Å²) >= 11 is 1.58. The topological polar surface area (TPSA) is 138 Å². The molecule has 1 fully saturated rings. The van der Waals surface area contributed by atoms with Crippen molar-refractivity contribution in [3.05, 3.63) is 41.0 Å². The van der Waals surface area contributed by atoms with Crippen LogP contribution in [0.1, 0.15) is 111 Å². The number of nitrogens with zero attached hydrogens (tertiary/aromatic N) is 2. The molecular weight excluding hydrogens is 616 g/mol. The highest BCUT2D eigenvalue weighted by atomic mass is 32.1. The molecule has 2 heterocycles. The smallest absolute Gasteiger partial charge is 0.306 e. The number of carbonyl (C=O) groups is 4.